The number of hydrogen-bond acceptors (Lipinski definition) is 5. The molecule has 0 spiro atoms. The van der Waals surface area contributed by atoms with E-state index < -0.39 is 6.10 Å². The van der Waals surface area contributed by atoms with Crippen molar-refractivity contribution in [3.63, 3.8) is 0 Å². The summed E-state index contributed by atoms with van der Waals surface area (Å²) in [6.07, 6.45) is 6.70. The van der Waals surface area contributed by atoms with Gasteiger partial charge < -0.3 is 15.0 Å². The van der Waals surface area contributed by atoms with Crippen LogP contribution >= 0.6 is 0 Å². The molecule has 3 aromatic heterocycles. The number of nitrogens with one attached hydrogen (secondary N) is 1. The predicted molar refractivity (Wildman–Crippen MR) is 113 cm³/mol. The van der Waals surface area contributed by atoms with E-state index >= 15 is 0 Å². The molecule has 0 saturated carbocycles. The van der Waals surface area contributed by atoms with Crippen molar-refractivity contribution in [3.05, 3.63) is 48.2 Å². The number of aliphatic hydroxyl groups is 1. The third-order valence-corrected chi connectivity index (χ3v) is 5.26. The van der Waals surface area contributed by atoms with Crippen molar-refractivity contribution in [2.24, 2.45) is 7.05 Å². The van der Waals surface area contributed by atoms with Crippen LogP contribution in [0.1, 0.15) is 37.1 Å². The Morgan fingerprint density at radius 2 is 1.93 bits per heavy atom. The number of aromatic nitrogens is 4. The van der Waals surface area contributed by atoms with Crippen molar-refractivity contribution in [1.82, 2.24) is 19.5 Å². The molecule has 0 aliphatic carbocycles. The van der Waals surface area contributed by atoms with Gasteiger partial charge in [0.1, 0.15) is 5.82 Å². The lowest BCUT2D eigenvalue weighted by Crippen LogP contribution is -2.01. The lowest BCUT2D eigenvalue weighted by molar-refractivity contribution is 0.161. The van der Waals surface area contributed by atoms with Gasteiger partial charge in [-0.1, -0.05) is 13.3 Å². The summed E-state index contributed by atoms with van der Waals surface area (Å²) in [7, 11) is 3.87. The quantitative estimate of drug-likeness (QED) is 0.542. The highest BCUT2D eigenvalue weighted by Crippen LogP contribution is 2.36. The summed E-state index contributed by atoms with van der Waals surface area (Å²) in [5.74, 6) is 0.829. The van der Waals surface area contributed by atoms with Crippen LogP contribution in [0.3, 0.4) is 0 Å². The van der Waals surface area contributed by atoms with Crippen molar-refractivity contribution in [1.29, 1.82) is 0 Å². The fourth-order valence-electron chi connectivity index (χ4n) is 3.76. The first-order chi connectivity index (χ1) is 13.5. The molecule has 0 radical (unpaired) electrons. The van der Waals surface area contributed by atoms with Gasteiger partial charge in [-0.15, -0.1) is 0 Å². The minimum absolute atomic E-state index is 0.520. The molecule has 3 heterocycles. The zero-order chi connectivity index (χ0) is 19.8. The van der Waals surface area contributed by atoms with Crippen LogP contribution in [0, 0.1) is 6.92 Å². The standard InChI is InChI=1S/C22H25N5O/c1-5-6-19(28)18-7-13(2)17(11-24-18)16-8-14-10-25-20(23-3)9-15(14)22-21(16)26-12-27(22)4/h7-12,19,28H,5-6H2,1-4H3,(H,23,25)/t19-/m1/s1. The van der Waals surface area contributed by atoms with Crippen molar-refractivity contribution >= 4 is 27.6 Å². The maximum absolute atomic E-state index is 10.3. The molecule has 0 fully saturated rings. The maximum atomic E-state index is 10.3. The summed E-state index contributed by atoms with van der Waals surface area (Å²) in [5.41, 5.74) is 5.86. The Balaban J connectivity index is 1.94. The second-order valence-electron chi connectivity index (χ2n) is 7.25. The Labute approximate surface area is 164 Å². The Morgan fingerprint density at radius 3 is 2.64 bits per heavy atom. The van der Waals surface area contributed by atoms with Crippen LogP contribution in [-0.4, -0.2) is 31.7 Å². The maximum Gasteiger partial charge on any atom is 0.126 e. The minimum atomic E-state index is -0.520. The SMILES string of the molecule is CCC[C@@H](O)c1cc(C)c(-c2cc3cnc(NC)cc3c3c2ncn3C)cn1. The van der Waals surface area contributed by atoms with Gasteiger partial charge in [-0.2, -0.15) is 0 Å². The van der Waals surface area contributed by atoms with Crippen molar-refractivity contribution < 1.29 is 5.11 Å². The van der Waals surface area contributed by atoms with Gasteiger partial charge in [0.05, 0.1) is 29.2 Å². The normalized spacial score (nSPS) is 12.6. The molecule has 0 bridgehead atoms. The topological polar surface area (TPSA) is 75.9 Å². The highest BCUT2D eigenvalue weighted by atomic mass is 16.3. The van der Waals surface area contributed by atoms with Crippen LogP contribution in [0.25, 0.3) is 32.9 Å². The molecule has 1 atom stereocenters. The van der Waals surface area contributed by atoms with Gasteiger partial charge >= 0.3 is 0 Å². The van der Waals surface area contributed by atoms with Gasteiger partial charge in [0, 0.05) is 48.4 Å². The van der Waals surface area contributed by atoms with Crippen molar-refractivity contribution in [3.8, 4) is 11.1 Å². The summed E-state index contributed by atoms with van der Waals surface area (Å²) >= 11 is 0. The molecule has 4 aromatic rings. The van der Waals surface area contributed by atoms with Crippen LogP contribution in [0.4, 0.5) is 5.82 Å². The van der Waals surface area contributed by atoms with Gasteiger partial charge in [0.15, 0.2) is 0 Å². The van der Waals surface area contributed by atoms with E-state index in [0.717, 1.165) is 56.4 Å². The zero-order valence-corrected chi connectivity index (χ0v) is 16.7. The molecule has 28 heavy (non-hydrogen) atoms. The number of benzene rings is 1. The van der Waals surface area contributed by atoms with E-state index in [-0.39, 0.29) is 0 Å². The fraction of sp³-hybridized carbons (Fsp3) is 0.318. The summed E-state index contributed by atoms with van der Waals surface area (Å²) in [5, 5.41) is 15.5. The van der Waals surface area contributed by atoms with Gasteiger partial charge in [0.25, 0.3) is 0 Å². The average Bonchev–Trinajstić information content (AvgIpc) is 3.09. The Bertz CT molecular complexity index is 1160. The first-order valence-corrected chi connectivity index (χ1v) is 9.60. The Hall–Kier alpha value is -2.99. The van der Waals surface area contributed by atoms with Gasteiger partial charge in [-0.3, -0.25) is 4.98 Å². The number of rotatable bonds is 5. The molecule has 1 aromatic carbocycles. The van der Waals surface area contributed by atoms with E-state index in [1.807, 2.05) is 43.4 Å². The second kappa shape index (κ2) is 7.20. The monoisotopic (exact) mass is 375 g/mol. The Kier molecular flexibility index (Phi) is 4.73. The van der Waals surface area contributed by atoms with Gasteiger partial charge in [-0.05, 0) is 37.1 Å². The van der Waals surface area contributed by atoms with Gasteiger partial charge in [-0.25, -0.2) is 9.97 Å². The average molecular weight is 375 g/mol. The predicted octanol–water partition coefficient (Wildman–Crippen LogP) is 4.37. The number of imidazole rings is 1. The molecular formula is C22H25N5O. The lowest BCUT2D eigenvalue weighted by atomic mass is 9.96. The molecule has 4 rings (SSSR count). The number of fused-ring (bicyclic) bond motifs is 3. The Morgan fingerprint density at radius 1 is 1.11 bits per heavy atom. The van der Waals surface area contributed by atoms with E-state index in [9.17, 15) is 5.11 Å². The number of aryl methyl sites for hydroxylation is 2. The molecule has 0 saturated heterocycles. The molecular weight excluding hydrogens is 350 g/mol. The highest BCUT2D eigenvalue weighted by molar-refractivity contribution is 6.11. The van der Waals surface area contributed by atoms with Crippen LogP contribution in [0.5, 0.6) is 0 Å². The molecule has 6 nitrogen and oxygen atoms in total. The van der Waals surface area contributed by atoms with Crippen molar-refractivity contribution in [2.75, 3.05) is 12.4 Å². The molecule has 6 heteroatoms. The van der Waals surface area contributed by atoms with Gasteiger partial charge in [0.2, 0.25) is 0 Å². The van der Waals surface area contributed by atoms with Crippen LogP contribution in [-0.2, 0) is 7.05 Å². The molecule has 0 unspecified atom stereocenters. The zero-order valence-electron chi connectivity index (χ0n) is 16.7. The molecule has 0 amide bonds. The molecule has 0 aliphatic rings. The minimum Gasteiger partial charge on any atom is -0.387 e. The number of anilines is 1. The van der Waals surface area contributed by atoms with Crippen LogP contribution in [0.2, 0.25) is 0 Å². The second-order valence-corrected chi connectivity index (χ2v) is 7.25. The van der Waals surface area contributed by atoms with E-state index in [0.29, 0.717) is 6.42 Å². The fourth-order valence-corrected chi connectivity index (χ4v) is 3.76. The van der Waals surface area contributed by atoms with E-state index in [1.54, 1.807) is 0 Å². The summed E-state index contributed by atoms with van der Waals surface area (Å²) < 4.78 is 2.04. The molecule has 2 N–H and O–H groups in total. The summed E-state index contributed by atoms with van der Waals surface area (Å²) in [6.45, 7) is 4.12. The van der Waals surface area contributed by atoms with E-state index in [1.165, 1.54) is 0 Å². The number of aliphatic hydroxyl groups excluding tert-OH is 1. The first kappa shape index (κ1) is 18.4. The third-order valence-electron chi connectivity index (χ3n) is 5.26. The number of nitrogens with zero attached hydrogens (tertiary/aromatic N) is 4. The van der Waals surface area contributed by atoms with Crippen molar-refractivity contribution in [2.45, 2.75) is 32.8 Å². The third kappa shape index (κ3) is 2.99. The van der Waals surface area contributed by atoms with E-state index in [2.05, 4.69) is 46.2 Å². The van der Waals surface area contributed by atoms with E-state index in [4.69, 9.17) is 0 Å². The summed E-state index contributed by atoms with van der Waals surface area (Å²) in [4.78, 5) is 13.7. The molecule has 0 aliphatic heterocycles. The summed E-state index contributed by atoms with van der Waals surface area (Å²) in [6, 6.07) is 6.17. The largest absolute Gasteiger partial charge is 0.387 e. The number of pyridine rings is 2. The molecule has 144 valence electrons. The first-order valence-electron chi connectivity index (χ1n) is 9.60. The smallest absolute Gasteiger partial charge is 0.126 e. The lowest BCUT2D eigenvalue weighted by Gasteiger charge is -2.14. The number of hydrogen-bond donors (Lipinski definition) is 2. The van der Waals surface area contributed by atoms with Crippen LogP contribution in [0.15, 0.2) is 36.9 Å². The highest BCUT2D eigenvalue weighted by Gasteiger charge is 2.17. The van der Waals surface area contributed by atoms with Crippen LogP contribution < -0.4 is 5.32 Å².